The Labute approximate surface area is 126 Å². The number of nitrogens with one attached hydrogen (secondary N) is 1. The van der Waals surface area contributed by atoms with Crippen molar-refractivity contribution in [2.24, 2.45) is 35.5 Å². The number of aliphatic hydroxyl groups is 1. The largest absolute Gasteiger partial charge is 0.393 e. The van der Waals surface area contributed by atoms with Crippen LogP contribution >= 0.6 is 0 Å². The fourth-order valence-corrected chi connectivity index (χ4v) is 5.27. The number of hydrogen-bond donors (Lipinski definition) is 2. The highest BCUT2D eigenvalue weighted by Crippen LogP contribution is 2.51. The number of aliphatic hydroxyl groups excluding tert-OH is 1. The summed E-state index contributed by atoms with van der Waals surface area (Å²) >= 11 is 0. The highest BCUT2D eigenvalue weighted by atomic mass is 16.3. The van der Waals surface area contributed by atoms with Crippen molar-refractivity contribution in [1.82, 2.24) is 5.32 Å². The molecule has 0 bridgehead atoms. The zero-order chi connectivity index (χ0) is 14.6. The molecule has 114 valence electrons. The van der Waals surface area contributed by atoms with Gasteiger partial charge in [-0.1, -0.05) is 6.08 Å². The maximum atomic E-state index is 12.9. The van der Waals surface area contributed by atoms with Gasteiger partial charge >= 0.3 is 0 Å². The van der Waals surface area contributed by atoms with Gasteiger partial charge in [-0.25, -0.2) is 0 Å². The van der Waals surface area contributed by atoms with E-state index in [-0.39, 0.29) is 29.8 Å². The van der Waals surface area contributed by atoms with Gasteiger partial charge in [-0.15, -0.1) is 6.58 Å². The van der Waals surface area contributed by atoms with Gasteiger partial charge in [0.05, 0.1) is 6.10 Å². The van der Waals surface area contributed by atoms with Crippen LogP contribution in [-0.2, 0) is 4.79 Å². The Morgan fingerprint density at radius 1 is 1.14 bits per heavy atom. The van der Waals surface area contributed by atoms with E-state index in [0.29, 0.717) is 17.6 Å². The van der Waals surface area contributed by atoms with Crippen LogP contribution < -0.4 is 5.32 Å². The summed E-state index contributed by atoms with van der Waals surface area (Å²) in [6.45, 7) is 3.90. The molecule has 3 nitrogen and oxygen atoms in total. The molecule has 3 fully saturated rings. The van der Waals surface area contributed by atoms with E-state index in [1.54, 1.807) is 0 Å². The van der Waals surface area contributed by atoms with Crippen LogP contribution in [0.2, 0.25) is 0 Å². The van der Waals surface area contributed by atoms with Gasteiger partial charge in [-0.2, -0.15) is 0 Å². The lowest BCUT2D eigenvalue weighted by Gasteiger charge is -2.50. The Hall–Kier alpha value is -1.09. The van der Waals surface area contributed by atoms with Crippen molar-refractivity contribution in [3.05, 3.63) is 24.6 Å². The topological polar surface area (TPSA) is 59.2 Å². The van der Waals surface area contributed by atoms with Crippen molar-refractivity contribution in [3.8, 4) is 0 Å². The molecule has 0 spiro atoms. The third-order valence-corrected chi connectivity index (χ3v) is 6.54. The molecule has 0 saturated heterocycles. The Balaban J connectivity index is 1.55. The molecule has 21 heavy (non-hydrogen) atoms. The minimum atomic E-state index is -0.275. The van der Waals surface area contributed by atoms with Gasteiger partial charge in [-0.05, 0) is 56.3 Å². The summed E-state index contributed by atoms with van der Waals surface area (Å²) in [7, 11) is 0. The Bertz CT molecular complexity index is 497. The minimum absolute atomic E-state index is 0.101. The van der Waals surface area contributed by atoms with Gasteiger partial charge < -0.3 is 10.4 Å². The number of Topliss-reactive ketones (excluding diaryl/α,β-unsaturated/α-hetero) is 1. The van der Waals surface area contributed by atoms with E-state index < -0.39 is 0 Å². The lowest BCUT2D eigenvalue weighted by atomic mass is 9.55. The first kappa shape index (κ1) is 13.6. The first-order chi connectivity index (χ1) is 10.2. The summed E-state index contributed by atoms with van der Waals surface area (Å²) in [5.41, 5.74) is 1.33. The maximum Gasteiger partial charge on any atom is 0.139 e. The lowest BCUT2D eigenvalue weighted by molar-refractivity contribution is -0.151. The van der Waals surface area contributed by atoms with Gasteiger partial charge in [0.15, 0.2) is 0 Å². The predicted molar refractivity (Wildman–Crippen MR) is 81.1 cm³/mol. The third-order valence-electron chi connectivity index (χ3n) is 6.54. The molecular formula is C18H25NO2. The molecule has 4 aliphatic rings. The molecule has 0 amide bonds. The number of fused-ring (bicyclic) bond motifs is 2. The molecule has 0 aromatic rings. The number of rotatable bonds is 2. The molecule has 1 heterocycles. The zero-order valence-electron chi connectivity index (χ0n) is 12.5. The normalized spacial score (nSPS) is 48.5. The Kier molecular flexibility index (Phi) is 3.21. The SMILES string of the molecule is C=CC1CCC2C(=O)C3CC(C4=CN4)CCC3C(O)C2C1. The molecule has 4 rings (SSSR count). The van der Waals surface area contributed by atoms with Crippen LogP contribution in [0.25, 0.3) is 0 Å². The van der Waals surface area contributed by atoms with Gasteiger partial charge in [-0.3, -0.25) is 4.79 Å². The summed E-state index contributed by atoms with van der Waals surface area (Å²) in [6, 6.07) is 0. The van der Waals surface area contributed by atoms with Crippen molar-refractivity contribution in [2.45, 2.75) is 44.6 Å². The second-order valence-corrected chi connectivity index (χ2v) is 7.50. The van der Waals surface area contributed by atoms with Crippen LogP contribution in [0.4, 0.5) is 0 Å². The Morgan fingerprint density at radius 2 is 1.95 bits per heavy atom. The van der Waals surface area contributed by atoms with Crippen LogP contribution in [0.15, 0.2) is 24.6 Å². The molecule has 7 unspecified atom stereocenters. The van der Waals surface area contributed by atoms with Gasteiger partial charge in [0.2, 0.25) is 0 Å². The molecule has 3 saturated carbocycles. The molecule has 2 N–H and O–H groups in total. The molecule has 0 aromatic carbocycles. The van der Waals surface area contributed by atoms with Gasteiger partial charge in [0, 0.05) is 29.7 Å². The van der Waals surface area contributed by atoms with Gasteiger partial charge in [0.1, 0.15) is 5.78 Å². The monoisotopic (exact) mass is 287 g/mol. The van der Waals surface area contributed by atoms with Crippen LogP contribution in [0.3, 0.4) is 0 Å². The predicted octanol–water partition coefficient (Wildman–Crippen LogP) is 2.63. The van der Waals surface area contributed by atoms with Gasteiger partial charge in [0.25, 0.3) is 0 Å². The van der Waals surface area contributed by atoms with Crippen LogP contribution in [0.1, 0.15) is 38.5 Å². The maximum absolute atomic E-state index is 12.9. The number of ketones is 1. The molecule has 0 radical (unpaired) electrons. The van der Waals surface area contributed by atoms with E-state index in [4.69, 9.17) is 0 Å². The average molecular weight is 287 g/mol. The van der Waals surface area contributed by atoms with E-state index in [1.165, 1.54) is 5.70 Å². The third kappa shape index (κ3) is 2.17. The average Bonchev–Trinajstić information content (AvgIpc) is 3.36. The summed E-state index contributed by atoms with van der Waals surface area (Å²) < 4.78 is 0. The fourth-order valence-electron chi connectivity index (χ4n) is 5.27. The zero-order valence-corrected chi connectivity index (χ0v) is 12.5. The second kappa shape index (κ2) is 4.98. The van der Waals surface area contributed by atoms with Crippen molar-refractivity contribution < 1.29 is 9.90 Å². The molecular weight excluding hydrogens is 262 g/mol. The van der Waals surface area contributed by atoms with E-state index in [9.17, 15) is 9.90 Å². The highest BCUT2D eigenvalue weighted by molar-refractivity contribution is 5.85. The van der Waals surface area contributed by atoms with Crippen LogP contribution in [-0.4, -0.2) is 17.0 Å². The van der Waals surface area contributed by atoms with E-state index in [1.807, 2.05) is 6.08 Å². The summed E-state index contributed by atoms with van der Waals surface area (Å²) in [4.78, 5) is 12.9. The fraction of sp³-hybridized carbons (Fsp3) is 0.722. The highest BCUT2D eigenvalue weighted by Gasteiger charge is 2.52. The van der Waals surface area contributed by atoms with E-state index >= 15 is 0 Å². The van der Waals surface area contributed by atoms with Crippen molar-refractivity contribution in [2.75, 3.05) is 0 Å². The number of carbonyl (C=O) groups is 1. The standard InChI is InChI=1S/C18H25NO2/c1-2-10-3-5-12-14(7-10)17(20)13-6-4-11(16-9-19-16)8-15(13)18(12)21/h2,9-15,17,19-20H,1,3-8H2. The number of allylic oxidation sites excluding steroid dienone is 2. The van der Waals surface area contributed by atoms with Crippen molar-refractivity contribution >= 4 is 5.78 Å². The van der Waals surface area contributed by atoms with E-state index in [0.717, 1.165) is 38.5 Å². The molecule has 3 aliphatic carbocycles. The first-order valence-corrected chi connectivity index (χ1v) is 8.50. The molecule has 7 atom stereocenters. The Morgan fingerprint density at radius 3 is 2.67 bits per heavy atom. The summed E-state index contributed by atoms with van der Waals surface area (Å²) in [6.07, 6.45) is 9.85. The van der Waals surface area contributed by atoms with Crippen LogP contribution in [0.5, 0.6) is 0 Å². The molecule has 3 heteroatoms. The second-order valence-electron chi connectivity index (χ2n) is 7.50. The molecule has 0 aromatic heterocycles. The summed E-state index contributed by atoms with van der Waals surface area (Å²) in [5, 5.41) is 14.1. The van der Waals surface area contributed by atoms with E-state index in [2.05, 4.69) is 18.1 Å². The number of carbonyl (C=O) groups excluding carboxylic acids is 1. The first-order valence-electron chi connectivity index (χ1n) is 8.50. The lowest BCUT2D eigenvalue weighted by Crippen LogP contribution is -2.53. The molecule has 1 aliphatic heterocycles. The van der Waals surface area contributed by atoms with Crippen molar-refractivity contribution in [1.29, 1.82) is 0 Å². The number of hydrogen-bond acceptors (Lipinski definition) is 3. The van der Waals surface area contributed by atoms with Crippen molar-refractivity contribution in [3.63, 3.8) is 0 Å². The van der Waals surface area contributed by atoms with Crippen LogP contribution in [0, 0.1) is 35.5 Å². The minimum Gasteiger partial charge on any atom is -0.393 e. The summed E-state index contributed by atoms with van der Waals surface area (Å²) in [5.74, 6) is 2.08. The smallest absolute Gasteiger partial charge is 0.139 e. The quantitative estimate of drug-likeness (QED) is 0.768.